The van der Waals surface area contributed by atoms with Crippen LogP contribution in [0.4, 0.5) is 4.39 Å². The number of aryl methyl sites for hydroxylation is 1. The Bertz CT molecular complexity index is 488. The molecule has 0 amide bonds. The molecule has 1 aromatic carbocycles. The van der Waals surface area contributed by atoms with Crippen molar-refractivity contribution in [2.45, 2.75) is 45.2 Å². The average molecular weight is 295 g/mol. The van der Waals surface area contributed by atoms with E-state index >= 15 is 0 Å². The Morgan fingerprint density at radius 2 is 2.24 bits per heavy atom. The summed E-state index contributed by atoms with van der Waals surface area (Å²) in [6.07, 6.45) is 2.63. The van der Waals surface area contributed by atoms with Crippen LogP contribution in [0.5, 0.6) is 5.75 Å². The maximum atomic E-state index is 13.6. The Kier molecular flexibility index (Phi) is 5.56. The van der Waals surface area contributed by atoms with Gasteiger partial charge in [0, 0.05) is 12.5 Å². The van der Waals surface area contributed by atoms with Crippen LogP contribution in [0.3, 0.4) is 0 Å². The predicted octanol–water partition coefficient (Wildman–Crippen LogP) is 2.59. The highest BCUT2D eigenvalue weighted by Crippen LogP contribution is 2.21. The zero-order valence-electron chi connectivity index (χ0n) is 12.5. The van der Waals surface area contributed by atoms with Crippen molar-refractivity contribution in [2.75, 3.05) is 13.2 Å². The average Bonchev–Trinajstić information content (AvgIpc) is 3.26. The molecule has 0 radical (unpaired) electrons. The molecule has 21 heavy (non-hydrogen) atoms. The summed E-state index contributed by atoms with van der Waals surface area (Å²) < 4.78 is 24.1. The maximum absolute atomic E-state index is 13.6. The van der Waals surface area contributed by atoms with Gasteiger partial charge in [-0.3, -0.25) is 4.79 Å². The zero-order valence-corrected chi connectivity index (χ0v) is 12.5. The van der Waals surface area contributed by atoms with E-state index in [1.165, 1.54) is 6.07 Å². The minimum Gasteiger partial charge on any atom is -0.490 e. The number of benzene rings is 1. The summed E-state index contributed by atoms with van der Waals surface area (Å²) in [6, 6.07) is 4.75. The van der Waals surface area contributed by atoms with Crippen LogP contribution >= 0.6 is 0 Å². The number of esters is 1. The van der Waals surface area contributed by atoms with E-state index in [1.54, 1.807) is 19.1 Å². The summed E-state index contributed by atoms with van der Waals surface area (Å²) >= 11 is 0. The molecule has 0 spiro atoms. The van der Waals surface area contributed by atoms with E-state index < -0.39 is 0 Å². The minimum absolute atomic E-state index is 0.226. The quantitative estimate of drug-likeness (QED) is 0.749. The van der Waals surface area contributed by atoms with E-state index in [9.17, 15) is 9.18 Å². The van der Waals surface area contributed by atoms with Crippen LogP contribution in [0.2, 0.25) is 0 Å². The highest BCUT2D eigenvalue weighted by Gasteiger charge is 2.29. The highest BCUT2D eigenvalue weighted by atomic mass is 19.1. The van der Waals surface area contributed by atoms with Gasteiger partial charge in [0.15, 0.2) is 11.6 Å². The number of hydrogen-bond acceptors (Lipinski definition) is 4. The molecule has 116 valence electrons. The Hall–Kier alpha value is -1.62. The Labute approximate surface area is 124 Å². The number of hydrogen-bond donors (Lipinski definition) is 1. The number of rotatable bonds is 8. The number of halogens is 1. The van der Waals surface area contributed by atoms with Gasteiger partial charge in [-0.15, -0.1) is 0 Å². The van der Waals surface area contributed by atoms with Crippen molar-refractivity contribution >= 4 is 5.97 Å². The van der Waals surface area contributed by atoms with E-state index in [0.717, 1.165) is 18.4 Å². The summed E-state index contributed by atoms with van der Waals surface area (Å²) in [5.74, 6) is -0.426. The van der Waals surface area contributed by atoms with Crippen LogP contribution in [-0.4, -0.2) is 31.3 Å². The summed E-state index contributed by atoms with van der Waals surface area (Å²) in [7, 11) is 0. The molecule has 1 fully saturated rings. The fourth-order valence-electron chi connectivity index (χ4n) is 2.05. The first-order valence-corrected chi connectivity index (χ1v) is 7.41. The Morgan fingerprint density at radius 3 is 2.90 bits per heavy atom. The van der Waals surface area contributed by atoms with Crippen molar-refractivity contribution in [3.8, 4) is 5.75 Å². The van der Waals surface area contributed by atoms with E-state index in [4.69, 9.17) is 9.47 Å². The highest BCUT2D eigenvalue weighted by molar-refractivity contribution is 5.75. The lowest BCUT2D eigenvalue weighted by Gasteiger charge is -2.17. The molecule has 1 aliphatic rings. The lowest BCUT2D eigenvalue weighted by Crippen LogP contribution is -2.40. The summed E-state index contributed by atoms with van der Waals surface area (Å²) in [4.78, 5) is 11.9. The second-order valence-corrected chi connectivity index (χ2v) is 5.32. The molecular formula is C16H22FNO3. The van der Waals surface area contributed by atoms with Gasteiger partial charge >= 0.3 is 5.97 Å². The van der Waals surface area contributed by atoms with Crippen molar-refractivity contribution in [3.63, 3.8) is 0 Å². The molecule has 1 saturated carbocycles. The minimum atomic E-state index is -0.386. The van der Waals surface area contributed by atoms with Crippen LogP contribution in [0, 0.1) is 12.7 Å². The van der Waals surface area contributed by atoms with Gasteiger partial charge in [0.25, 0.3) is 0 Å². The summed E-state index contributed by atoms with van der Waals surface area (Å²) in [6.45, 7) is 4.28. The van der Waals surface area contributed by atoms with E-state index in [1.807, 2.05) is 6.92 Å². The topological polar surface area (TPSA) is 47.6 Å². The molecular weight excluding hydrogens is 273 g/mol. The molecule has 1 atom stereocenters. The predicted molar refractivity (Wildman–Crippen MR) is 77.8 cm³/mol. The summed E-state index contributed by atoms with van der Waals surface area (Å²) in [5, 5.41) is 3.24. The second-order valence-electron chi connectivity index (χ2n) is 5.32. The number of carbonyl (C=O) groups excluding carboxylic acids is 1. The van der Waals surface area contributed by atoms with Gasteiger partial charge in [0.2, 0.25) is 0 Å². The molecule has 5 heteroatoms. The molecule has 0 saturated heterocycles. The second kappa shape index (κ2) is 7.41. The van der Waals surface area contributed by atoms with E-state index in [2.05, 4.69) is 5.32 Å². The normalized spacial score (nSPS) is 15.6. The van der Waals surface area contributed by atoms with Crippen LogP contribution in [0.25, 0.3) is 0 Å². The maximum Gasteiger partial charge on any atom is 0.323 e. The van der Waals surface area contributed by atoms with Gasteiger partial charge in [-0.2, -0.15) is 0 Å². The first-order valence-electron chi connectivity index (χ1n) is 7.41. The first kappa shape index (κ1) is 15.8. The van der Waals surface area contributed by atoms with Gasteiger partial charge < -0.3 is 14.8 Å². The van der Waals surface area contributed by atoms with Crippen molar-refractivity contribution in [1.29, 1.82) is 0 Å². The molecule has 1 aliphatic carbocycles. The van der Waals surface area contributed by atoms with Crippen LogP contribution in [0.1, 0.15) is 31.7 Å². The molecule has 0 bridgehead atoms. The van der Waals surface area contributed by atoms with Crippen LogP contribution in [-0.2, 0) is 9.53 Å². The molecule has 1 aromatic rings. The molecule has 4 nitrogen and oxygen atoms in total. The van der Waals surface area contributed by atoms with Crippen molar-refractivity contribution in [2.24, 2.45) is 0 Å². The molecule has 0 heterocycles. The van der Waals surface area contributed by atoms with Crippen molar-refractivity contribution in [3.05, 3.63) is 29.6 Å². The molecule has 0 aliphatic heterocycles. The lowest BCUT2D eigenvalue weighted by molar-refractivity contribution is -0.146. The monoisotopic (exact) mass is 295 g/mol. The SMILES string of the molecule is CCOC(=O)C(CCOc1cc(C)ccc1F)NC1CC1. The fourth-order valence-corrected chi connectivity index (χ4v) is 2.05. The third-order valence-electron chi connectivity index (χ3n) is 3.34. The number of carbonyl (C=O) groups is 1. The Balaban J connectivity index is 1.85. The van der Waals surface area contributed by atoms with Crippen molar-refractivity contribution < 1.29 is 18.7 Å². The molecule has 1 unspecified atom stereocenters. The zero-order chi connectivity index (χ0) is 15.2. The van der Waals surface area contributed by atoms with Gasteiger partial charge in [-0.1, -0.05) is 6.07 Å². The van der Waals surface area contributed by atoms with Crippen molar-refractivity contribution in [1.82, 2.24) is 5.32 Å². The third-order valence-corrected chi connectivity index (χ3v) is 3.34. The van der Waals surface area contributed by atoms with Crippen LogP contribution < -0.4 is 10.1 Å². The number of nitrogens with one attached hydrogen (secondary N) is 1. The molecule has 2 rings (SSSR count). The fraction of sp³-hybridized carbons (Fsp3) is 0.562. The Morgan fingerprint density at radius 1 is 1.48 bits per heavy atom. The van der Waals surface area contributed by atoms with Gasteiger partial charge in [0.1, 0.15) is 6.04 Å². The summed E-state index contributed by atoms with van der Waals surface area (Å²) in [5.41, 5.74) is 0.935. The first-order chi connectivity index (χ1) is 10.1. The number of ether oxygens (including phenoxy) is 2. The standard InChI is InChI=1S/C16H22FNO3/c1-3-20-16(19)14(18-12-5-6-12)8-9-21-15-10-11(2)4-7-13(15)17/h4,7,10,12,14,18H,3,5-6,8-9H2,1-2H3. The molecule has 1 N–H and O–H groups in total. The van der Waals surface area contributed by atoms with Crippen LogP contribution in [0.15, 0.2) is 18.2 Å². The third kappa shape index (κ3) is 5.01. The largest absolute Gasteiger partial charge is 0.490 e. The van der Waals surface area contributed by atoms with Gasteiger partial charge in [0.05, 0.1) is 13.2 Å². The van der Waals surface area contributed by atoms with Gasteiger partial charge in [-0.05, 0) is 44.4 Å². The van der Waals surface area contributed by atoms with Gasteiger partial charge in [-0.25, -0.2) is 4.39 Å². The smallest absolute Gasteiger partial charge is 0.323 e. The lowest BCUT2D eigenvalue weighted by atomic mass is 10.2. The van der Waals surface area contributed by atoms with E-state index in [-0.39, 0.29) is 30.2 Å². The molecule has 0 aromatic heterocycles. The van der Waals surface area contributed by atoms with E-state index in [0.29, 0.717) is 19.1 Å².